The minimum Gasteiger partial charge on any atom is -0.492 e. The zero-order chi connectivity index (χ0) is 18.6. The molecule has 2 aromatic carbocycles. The van der Waals surface area contributed by atoms with E-state index in [2.05, 4.69) is 5.10 Å². The third-order valence-electron chi connectivity index (χ3n) is 4.41. The molecule has 0 saturated carbocycles. The van der Waals surface area contributed by atoms with E-state index < -0.39 is 0 Å². The van der Waals surface area contributed by atoms with Crippen molar-refractivity contribution in [1.29, 1.82) is 0 Å². The van der Waals surface area contributed by atoms with Gasteiger partial charge in [-0.15, -0.1) is 0 Å². The van der Waals surface area contributed by atoms with Crippen LogP contribution < -0.4 is 10.3 Å². The molecule has 0 aliphatic heterocycles. The van der Waals surface area contributed by atoms with E-state index in [0.29, 0.717) is 29.9 Å². The highest BCUT2D eigenvalue weighted by Gasteiger charge is 2.17. The van der Waals surface area contributed by atoms with Crippen LogP contribution in [-0.4, -0.2) is 25.9 Å². The molecule has 0 saturated heterocycles. The minimum absolute atomic E-state index is 0.201. The van der Waals surface area contributed by atoms with Crippen molar-refractivity contribution < 1.29 is 9.84 Å². The summed E-state index contributed by atoms with van der Waals surface area (Å²) in [6.07, 6.45) is 3.41. The smallest absolute Gasteiger partial charge is 0.277 e. The molecule has 0 radical (unpaired) electrons. The van der Waals surface area contributed by atoms with Crippen LogP contribution in [0.25, 0.3) is 16.8 Å². The highest BCUT2D eigenvalue weighted by atomic mass is 16.5. The predicted molar refractivity (Wildman–Crippen MR) is 103 cm³/mol. The van der Waals surface area contributed by atoms with Gasteiger partial charge in [-0.05, 0) is 12.1 Å². The lowest BCUT2D eigenvalue weighted by atomic mass is 10.1. The lowest BCUT2D eigenvalue weighted by Gasteiger charge is -2.08. The average molecular weight is 361 g/mol. The van der Waals surface area contributed by atoms with Crippen LogP contribution in [-0.2, 0) is 13.2 Å². The van der Waals surface area contributed by atoms with Crippen LogP contribution in [0.1, 0.15) is 5.56 Å². The first-order chi connectivity index (χ1) is 13.3. The highest BCUT2D eigenvalue weighted by molar-refractivity contribution is 5.72. The summed E-state index contributed by atoms with van der Waals surface area (Å²) in [5.41, 5.74) is 2.20. The number of aliphatic hydroxyl groups is 1. The van der Waals surface area contributed by atoms with E-state index in [9.17, 15) is 9.90 Å². The highest BCUT2D eigenvalue weighted by Crippen LogP contribution is 2.24. The molecule has 0 aliphatic carbocycles. The molecule has 2 heterocycles. The molecular formula is C21H19N3O3. The van der Waals surface area contributed by atoms with E-state index in [1.807, 2.05) is 60.7 Å². The van der Waals surface area contributed by atoms with Gasteiger partial charge in [0.05, 0.1) is 18.8 Å². The summed E-state index contributed by atoms with van der Waals surface area (Å²) in [7, 11) is 0. The van der Waals surface area contributed by atoms with Crippen LogP contribution in [0.15, 0.2) is 77.9 Å². The molecule has 27 heavy (non-hydrogen) atoms. The molecule has 0 aliphatic rings. The maximum absolute atomic E-state index is 12.9. The Balaban J connectivity index is 1.66. The Morgan fingerprint density at radius 2 is 1.67 bits per heavy atom. The Morgan fingerprint density at radius 1 is 0.963 bits per heavy atom. The van der Waals surface area contributed by atoms with E-state index in [4.69, 9.17) is 4.74 Å². The number of hydrogen-bond acceptors (Lipinski definition) is 4. The number of aromatic nitrogens is 3. The third-order valence-corrected chi connectivity index (χ3v) is 4.41. The fourth-order valence-electron chi connectivity index (χ4n) is 3.08. The third kappa shape index (κ3) is 3.35. The fraction of sp³-hybridized carbons (Fsp3) is 0.143. The lowest BCUT2D eigenvalue weighted by molar-refractivity contribution is 0.283. The van der Waals surface area contributed by atoms with Gasteiger partial charge in [-0.25, -0.2) is 4.52 Å². The normalized spacial score (nSPS) is 11.0. The second kappa shape index (κ2) is 7.47. The van der Waals surface area contributed by atoms with Crippen LogP contribution in [0.4, 0.5) is 0 Å². The molecule has 0 bridgehead atoms. The Labute approximate surface area is 155 Å². The molecule has 0 fully saturated rings. The molecule has 0 unspecified atom stereocenters. The molecule has 2 aromatic heterocycles. The predicted octanol–water partition coefficient (Wildman–Crippen LogP) is 2.73. The average Bonchev–Trinajstić information content (AvgIpc) is 3.11. The van der Waals surface area contributed by atoms with Crippen molar-refractivity contribution in [2.75, 3.05) is 6.61 Å². The Kier molecular flexibility index (Phi) is 4.72. The van der Waals surface area contributed by atoms with Gasteiger partial charge < -0.3 is 14.4 Å². The van der Waals surface area contributed by atoms with E-state index in [-0.39, 0.29) is 12.2 Å². The standard InChI is InChI=1S/C21H19N3O3/c25-15-18-19(16-7-3-1-4-8-16)22-24-12-11-23(21(26)20(18)24)13-14-27-17-9-5-2-6-10-17/h1-12,25H,13-15H2. The topological polar surface area (TPSA) is 68.8 Å². The van der Waals surface area contributed by atoms with Crippen LogP contribution >= 0.6 is 0 Å². The molecule has 136 valence electrons. The summed E-state index contributed by atoms with van der Waals surface area (Å²) in [5.74, 6) is 0.762. The van der Waals surface area contributed by atoms with Gasteiger partial charge in [-0.2, -0.15) is 5.10 Å². The SMILES string of the molecule is O=c1c2c(CO)c(-c3ccccc3)nn2ccn1CCOc1ccccc1. The number of rotatable bonds is 6. The molecule has 6 nitrogen and oxygen atoms in total. The van der Waals surface area contributed by atoms with Crippen molar-refractivity contribution in [2.24, 2.45) is 0 Å². The van der Waals surface area contributed by atoms with Gasteiger partial charge in [0.2, 0.25) is 0 Å². The molecule has 1 N–H and O–H groups in total. The van der Waals surface area contributed by atoms with Crippen molar-refractivity contribution in [3.8, 4) is 17.0 Å². The van der Waals surface area contributed by atoms with Gasteiger partial charge in [-0.1, -0.05) is 48.5 Å². The van der Waals surface area contributed by atoms with Gasteiger partial charge >= 0.3 is 0 Å². The van der Waals surface area contributed by atoms with E-state index in [1.54, 1.807) is 17.0 Å². The summed E-state index contributed by atoms with van der Waals surface area (Å²) in [4.78, 5) is 12.9. The molecule has 0 amide bonds. The lowest BCUT2D eigenvalue weighted by Crippen LogP contribution is -2.24. The first kappa shape index (κ1) is 17.1. The summed E-state index contributed by atoms with van der Waals surface area (Å²) >= 11 is 0. The quantitative estimate of drug-likeness (QED) is 0.573. The first-order valence-electron chi connectivity index (χ1n) is 8.72. The summed E-state index contributed by atoms with van der Waals surface area (Å²) in [5, 5.41) is 14.4. The van der Waals surface area contributed by atoms with Crippen LogP contribution in [0.3, 0.4) is 0 Å². The zero-order valence-corrected chi connectivity index (χ0v) is 14.7. The molecule has 6 heteroatoms. The number of aliphatic hydroxyl groups excluding tert-OH is 1. The Hall–Kier alpha value is -3.38. The minimum atomic E-state index is -0.256. The van der Waals surface area contributed by atoms with Crippen molar-refractivity contribution in [1.82, 2.24) is 14.2 Å². The zero-order valence-electron chi connectivity index (χ0n) is 14.7. The molecule has 4 rings (SSSR count). The van der Waals surface area contributed by atoms with Crippen molar-refractivity contribution in [3.63, 3.8) is 0 Å². The van der Waals surface area contributed by atoms with Gasteiger partial charge in [-0.3, -0.25) is 4.79 Å². The number of para-hydroxylation sites is 1. The second-order valence-electron chi connectivity index (χ2n) is 6.10. The first-order valence-corrected chi connectivity index (χ1v) is 8.72. The van der Waals surface area contributed by atoms with E-state index >= 15 is 0 Å². The largest absolute Gasteiger partial charge is 0.492 e. The second-order valence-corrected chi connectivity index (χ2v) is 6.10. The fourth-order valence-corrected chi connectivity index (χ4v) is 3.08. The van der Waals surface area contributed by atoms with Crippen molar-refractivity contribution in [2.45, 2.75) is 13.2 Å². The van der Waals surface area contributed by atoms with Crippen molar-refractivity contribution >= 4 is 5.52 Å². The monoisotopic (exact) mass is 361 g/mol. The van der Waals surface area contributed by atoms with Gasteiger partial charge in [0.25, 0.3) is 5.56 Å². The van der Waals surface area contributed by atoms with E-state index in [0.717, 1.165) is 11.3 Å². The number of fused-ring (bicyclic) bond motifs is 1. The summed E-state index contributed by atoms with van der Waals surface area (Å²) in [6.45, 7) is 0.517. The Bertz CT molecular complexity index is 1100. The molecule has 0 spiro atoms. The number of nitrogens with zero attached hydrogens (tertiary/aromatic N) is 3. The van der Waals surface area contributed by atoms with Crippen LogP contribution in [0.5, 0.6) is 5.75 Å². The number of hydrogen-bond donors (Lipinski definition) is 1. The number of ether oxygens (including phenoxy) is 1. The van der Waals surface area contributed by atoms with Gasteiger partial charge in [0.15, 0.2) is 0 Å². The van der Waals surface area contributed by atoms with Crippen LogP contribution in [0, 0.1) is 0 Å². The molecular weight excluding hydrogens is 342 g/mol. The number of benzene rings is 2. The molecule has 4 aromatic rings. The van der Waals surface area contributed by atoms with E-state index in [1.165, 1.54) is 4.52 Å². The van der Waals surface area contributed by atoms with Crippen LogP contribution in [0.2, 0.25) is 0 Å². The Morgan fingerprint density at radius 3 is 2.37 bits per heavy atom. The molecule has 0 atom stereocenters. The van der Waals surface area contributed by atoms with Gasteiger partial charge in [0.1, 0.15) is 17.9 Å². The maximum Gasteiger partial charge on any atom is 0.277 e. The van der Waals surface area contributed by atoms with Crippen molar-refractivity contribution in [3.05, 3.63) is 89.0 Å². The summed E-state index contributed by atoms with van der Waals surface area (Å²) < 4.78 is 8.79. The summed E-state index contributed by atoms with van der Waals surface area (Å²) in [6, 6.07) is 19.0. The van der Waals surface area contributed by atoms with Gasteiger partial charge in [0, 0.05) is 23.5 Å². The maximum atomic E-state index is 12.9.